The number of nitrogens with zero attached hydrogens (tertiary/aromatic N) is 2. The van der Waals surface area contributed by atoms with E-state index in [1.165, 1.54) is 0 Å². The van der Waals surface area contributed by atoms with Crippen LogP contribution < -0.4 is 0 Å². The van der Waals surface area contributed by atoms with Crippen LogP contribution in [0.3, 0.4) is 0 Å². The Kier molecular flexibility index (Phi) is 5.38. The molecule has 1 fully saturated rings. The fourth-order valence-electron chi connectivity index (χ4n) is 2.31. The van der Waals surface area contributed by atoms with Crippen LogP contribution in [0.25, 0.3) is 0 Å². The van der Waals surface area contributed by atoms with Crippen molar-refractivity contribution < 1.29 is 9.84 Å². The lowest BCUT2D eigenvalue weighted by molar-refractivity contribution is -0.0157. The first-order valence-electron chi connectivity index (χ1n) is 6.49. The number of likely N-dealkylation sites (tertiary alicyclic amines) is 1. The van der Waals surface area contributed by atoms with Crippen LogP contribution in [-0.2, 0) is 4.74 Å². The molecule has 102 valence electrons. The molecule has 0 radical (unpaired) electrons. The Morgan fingerprint density at radius 1 is 1.35 bits per heavy atom. The third kappa shape index (κ3) is 5.82. The lowest BCUT2D eigenvalue weighted by Gasteiger charge is -2.28. The second-order valence-corrected chi connectivity index (χ2v) is 6.26. The Morgan fingerprint density at radius 2 is 2.00 bits per heavy atom. The van der Waals surface area contributed by atoms with Crippen LogP contribution in [0.4, 0.5) is 0 Å². The number of aliphatic hydroxyl groups excluding tert-OH is 1. The van der Waals surface area contributed by atoms with E-state index in [0.717, 1.165) is 32.7 Å². The van der Waals surface area contributed by atoms with Gasteiger partial charge in [-0.15, -0.1) is 0 Å². The average molecular weight is 244 g/mol. The van der Waals surface area contributed by atoms with Crippen LogP contribution in [0.5, 0.6) is 0 Å². The molecule has 0 aromatic heterocycles. The van der Waals surface area contributed by atoms with Crippen LogP contribution >= 0.6 is 0 Å². The van der Waals surface area contributed by atoms with Gasteiger partial charge in [0.2, 0.25) is 0 Å². The van der Waals surface area contributed by atoms with Crippen LogP contribution in [0, 0.1) is 0 Å². The summed E-state index contributed by atoms with van der Waals surface area (Å²) < 4.78 is 5.74. The molecule has 0 saturated carbocycles. The molecule has 0 amide bonds. The number of likely N-dealkylation sites (N-methyl/N-ethyl adjacent to an activating group) is 1. The summed E-state index contributed by atoms with van der Waals surface area (Å²) in [6.45, 7) is 9.65. The molecular weight excluding hydrogens is 216 g/mol. The third-order valence-corrected chi connectivity index (χ3v) is 3.00. The van der Waals surface area contributed by atoms with Crippen LogP contribution in [-0.4, -0.2) is 73.0 Å². The molecule has 2 unspecified atom stereocenters. The molecule has 1 aliphatic rings. The van der Waals surface area contributed by atoms with E-state index in [2.05, 4.69) is 44.7 Å². The number of aliphatic hydroxyl groups is 1. The molecule has 4 heteroatoms. The fraction of sp³-hybridized carbons (Fsp3) is 1.00. The minimum absolute atomic E-state index is 0.0740. The Labute approximate surface area is 106 Å². The van der Waals surface area contributed by atoms with E-state index in [9.17, 15) is 5.11 Å². The summed E-state index contributed by atoms with van der Waals surface area (Å²) in [5.41, 5.74) is -0.0740. The van der Waals surface area contributed by atoms with Gasteiger partial charge >= 0.3 is 0 Å². The van der Waals surface area contributed by atoms with Gasteiger partial charge in [0.15, 0.2) is 0 Å². The van der Waals surface area contributed by atoms with Crippen molar-refractivity contribution in [1.29, 1.82) is 0 Å². The van der Waals surface area contributed by atoms with Gasteiger partial charge in [-0.05, 0) is 41.3 Å². The zero-order chi connectivity index (χ0) is 13.1. The minimum Gasteiger partial charge on any atom is -0.392 e. The Bertz CT molecular complexity index is 226. The molecule has 0 aromatic rings. The SMILES string of the molecule is CN(C)CC1CC(O)CN1CCOC(C)(C)C. The number of ether oxygens (including phenoxy) is 1. The zero-order valence-electron chi connectivity index (χ0n) is 11.9. The normalized spacial score (nSPS) is 27.0. The number of β-amino-alcohol motifs (C(OH)–C–C–N with tert-alkyl or cyclic N) is 1. The van der Waals surface area contributed by atoms with Crippen molar-refractivity contribution in [1.82, 2.24) is 9.80 Å². The lowest BCUT2D eigenvalue weighted by Crippen LogP contribution is -2.40. The van der Waals surface area contributed by atoms with Gasteiger partial charge in [0.1, 0.15) is 0 Å². The van der Waals surface area contributed by atoms with Crippen molar-refractivity contribution in [2.45, 2.75) is 44.9 Å². The van der Waals surface area contributed by atoms with E-state index in [1.807, 2.05) is 0 Å². The topological polar surface area (TPSA) is 35.9 Å². The molecule has 2 atom stereocenters. The highest BCUT2D eigenvalue weighted by Crippen LogP contribution is 2.18. The quantitative estimate of drug-likeness (QED) is 0.776. The monoisotopic (exact) mass is 244 g/mol. The van der Waals surface area contributed by atoms with Crippen molar-refractivity contribution in [3.05, 3.63) is 0 Å². The maximum Gasteiger partial charge on any atom is 0.0682 e. The van der Waals surface area contributed by atoms with Crippen molar-refractivity contribution in [2.75, 3.05) is 40.3 Å². The van der Waals surface area contributed by atoms with E-state index in [0.29, 0.717) is 6.04 Å². The van der Waals surface area contributed by atoms with Crippen molar-refractivity contribution >= 4 is 0 Å². The van der Waals surface area contributed by atoms with Gasteiger partial charge in [-0.2, -0.15) is 0 Å². The Morgan fingerprint density at radius 3 is 2.53 bits per heavy atom. The first kappa shape index (κ1) is 14.9. The van der Waals surface area contributed by atoms with Crippen molar-refractivity contribution in [3.63, 3.8) is 0 Å². The van der Waals surface area contributed by atoms with Crippen LogP contribution in [0.2, 0.25) is 0 Å². The third-order valence-electron chi connectivity index (χ3n) is 3.00. The highest BCUT2D eigenvalue weighted by atomic mass is 16.5. The summed E-state index contributed by atoms with van der Waals surface area (Å²) >= 11 is 0. The lowest BCUT2D eigenvalue weighted by atomic mass is 10.2. The standard InChI is InChI=1S/C13H28N2O2/c1-13(2,3)17-7-6-15-10-12(16)8-11(15)9-14(4)5/h11-12,16H,6-10H2,1-5H3. The fourth-order valence-corrected chi connectivity index (χ4v) is 2.31. The molecule has 1 heterocycles. The summed E-state index contributed by atoms with van der Waals surface area (Å²) in [5.74, 6) is 0. The summed E-state index contributed by atoms with van der Waals surface area (Å²) in [4.78, 5) is 4.52. The van der Waals surface area contributed by atoms with E-state index in [4.69, 9.17) is 4.74 Å². The summed E-state index contributed by atoms with van der Waals surface area (Å²) in [6.07, 6.45) is 0.711. The number of hydrogen-bond donors (Lipinski definition) is 1. The molecule has 0 aliphatic carbocycles. The molecule has 0 bridgehead atoms. The molecule has 4 nitrogen and oxygen atoms in total. The number of hydrogen-bond acceptors (Lipinski definition) is 4. The maximum absolute atomic E-state index is 9.74. The Hall–Kier alpha value is -0.160. The van der Waals surface area contributed by atoms with Crippen molar-refractivity contribution in [2.24, 2.45) is 0 Å². The average Bonchev–Trinajstić information content (AvgIpc) is 2.43. The summed E-state index contributed by atoms with van der Waals surface area (Å²) in [6, 6.07) is 0.462. The molecular formula is C13H28N2O2. The number of rotatable bonds is 5. The minimum atomic E-state index is -0.172. The molecule has 1 rings (SSSR count). The van der Waals surface area contributed by atoms with E-state index >= 15 is 0 Å². The van der Waals surface area contributed by atoms with Crippen molar-refractivity contribution in [3.8, 4) is 0 Å². The summed E-state index contributed by atoms with van der Waals surface area (Å²) in [7, 11) is 4.16. The van der Waals surface area contributed by atoms with E-state index < -0.39 is 0 Å². The molecule has 17 heavy (non-hydrogen) atoms. The second-order valence-electron chi connectivity index (χ2n) is 6.26. The van der Waals surface area contributed by atoms with E-state index in [1.54, 1.807) is 0 Å². The molecule has 0 aromatic carbocycles. The highest BCUT2D eigenvalue weighted by molar-refractivity contribution is 4.86. The largest absolute Gasteiger partial charge is 0.392 e. The van der Waals surface area contributed by atoms with Crippen LogP contribution in [0.15, 0.2) is 0 Å². The molecule has 1 N–H and O–H groups in total. The second kappa shape index (κ2) is 6.14. The molecule has 1 saturated heterocycles. The van der Waals surface area contributed by atoms with Crippen LogP contribution in [0.1, 0.15) is 27.2 Å². The van der Waals surface area contributed by atoms with Gasteiger partial charge in [-0.25, -0.2) is 0 Å². The van der Waals surface area contributed by atoms with Gasteiger partial charge in [-0.3, -0.25) is 4.90 Å². The zero-order valence-corrected chi connectivity index (χ0v) is 11.9. The predicted molar refractivity (Wildman–Crippen MR) is 70.2 cm³/mol. The molecule has 0 spiro atoms. The van der Waals surface area contributed by atoms with Gasteiger partial charge in [-0.1, -0.05) is 0 Å². The Balaban J connectivity index is 2.34. The summed E-state index contributed by atoms with van der Waals surface area (Å²) in [5, 5.41) is 9.74. The van der Waals surface area contributed by atoms with Gasteiger partial charge < -0.3 is 14.7 Å². The first-order chi connectivity index (χ1) is 7.78. The van der Waals surface area contributed by atoms with Gasteiger partial charge in [0, 0.05) is 25.7 Å². The van der Waals surface area contributed by atoms with Gasteiger partial charge in [0.25, 0.3) is 0 Å². The highest BCUT2D eigenvalue weighted by Gasteiger charge is 2.30. The first-order valence-corrected chi connectivity index (χ1v) is 6.49. The smallest absolute Gasteiger partial charge is 0.0682 e. The molecule has 1 aliphatic heterocycles. The van der Waals surface area contributed by atoms with E-state index in [-0.39, 0.29) is 11.7 Å². The predicted octanol–water partition coefficient (Wildman–Crippen LogP) is 0.798. The van der Waals surface area contributed by atoms with Gasteiger partial charge in [0.05, 0.1) is 18.3 Å². The maximum atomic E-state index is 9.74.